The van der Waals surface area contributed by atoms with Crippen LogP contribution >= 0.6 is 12.4 Å². The topological polar surface area (TPSA) is 87.2 Å². The smallest absolute Gasteiger partial charge is 0.218 e. The number of halogens is 1. The number of nitrogens with two attached hydrogens (primary N) is 1. The predicted molar refractivity (Wildman–Crippen MR) is 84.4 cm³/mol. The van der Waals surface area contributed by atoms with Crippen molar-refractivity contribution in [3.8, 4) is 6.07 Å². The zero-order chi connectivity index (χ0) is 14.6. The molecule has 2 N–H and O–H groups in total. The zero-order valence-corrected chi connectivity index (χ0v) is 13.4. The van der Waals surface area contributed by atoms with Gasteiger partial charge in [0.25, 0.3) is 0 Å². The van der Waals surface area contributed by atoms with Crippen molar-refractivity contribution in [1.29, 1.82) is 5.26 Å². The number of hydrogen-bond donors (Lipinski definition) is 1. The Hall–Kier alpha value is -1.13. The molecule has 0 spiro atoms. The average Bonchev–Trinajstić information content (AvgIpc) is 2.47. The number of hydrogen-bond acceptors (Lipinski definition) is 4. The third-order valence-electron chi connectivity index (χ3n) is 3.71. The van der Waals surface area contributed by atoms with Gasteiger partial charge in [-0.25, -0.2) is 12.7 Å². The number of nitrogens with zero attached hydrogens (tertiary/aromatic N) is 2. The van der Waals surface area contributed by atoms with Gasteiger partial charge in [-0.2, -0.15) is 5.26 Å². The molecule has 1 aliphatic heterocycles. The Morgan fingerprint density at radius 3 is 2.57 bits per heavy atom. The van der Waals surface area contributed by atoms with Crippen LogP contribution in [0.15, 0.2) is 24.3 Å². The van der Waals surface area contributed by atoms with Gasteiger partial charge in [0.15, 0.2) is 0 Å². The van der Waals surface area contributed by atoms with Gasteiger partial charge >= 0.3 is 0 Å². The van der Waals surface area contributed by atoms with Crippen LogP contribution in [0.2, 0.25) is 0 Å². The molecule has 116 valence electrons. The van der Waals surface area contributed by atoms with Crippen LogP contribution in [0.4, 0.5) is 0 Å². The molecule has 1 aromatic carbocycles. The van der Waals surface area contributed by atoms with Gasteiger partial charge in [0.2, 0.25) is 10.0 Å². The quantitative estimate of drug-likeness (QED) is 0.906. The summed E-state index contributed by atoms with van der Waals surface area (Å²) in [7, 11) is -3.31. The first kappa shape index (κ1) is 17.9. The highest BCUT2D eigenvalue weighted by Crippen LogP contribution is 2.21. The molecule has 1 fully saturated rings. The second-order valence-corrected chi connectivity index (χ2v) is 7.12. The molecule has 0 amide bonds. The molecule has 21 heavy (non-hydrogen) atoms. The molecule has 1 aromatic rings. The number of sulfonamides is 1. The van der Waals surface area contributed by atoms with Crippen LogP contribution in [0.1, 0.15) is 24.0 Å². The molecule has 2 rings (SSSR count). The van der Waals surface area contributed by atoms with Crippen molar-refractivity contribution in [2.24, 2.45) is 11.7 Å². The van der Waals surface area contributed by atoms with Gasteiger partial charge in [-0.3, -0.25) is 0 Å². The zero-order valence-electron chi connectivity index (χ0n) is 11.7. The maximum Gasteiger partial charge on any atom is 0.218 e. The van der Waals surface area contributed by atoms with Crippen molar-refractivity contribution < 1.29 is 8.42 Å². The standard InChI is InChI=1S/C14H19N3O2S.ClH/c15-9-12-4-6-17(7-5-12)20(18,19)11-14-3-1-2-13(8-14)10-16;/h1-3,8,12H,4-7,9,11,15H2;1H. The van der Waals surface area contributed by atoms with Crippen LogP contribution in [0.5, 0.6) is 0 Å². The predicted octanol–water partition coefficient (Wildman–Crippen LogP) is 1.48. The summed E-state index contributed by atoms with van der Waals surface area (Å²) < 4.78 is 26.3. The van der Waals surface area contributed by atoms with Crippen molar-refractivity contribution in [2.45, 2.75) is 18.6 Å². The number of piperidine rings is 1. The fourth-order valence-electron chi connectivity index (χ4n) is 2.46. The van der Waals surface area contributed by atoms with Crippen LogP contribution in [0.3, 0.4) is 0 Å². The number of nitriles is 1. The molecular weight excluding hydrogens is 310 g/mol. The third-order valence-corrected chi connectivity index (χ3v) is 5.56. The van der Waals surface area contributed by atoms with E-state index in [4.69, 9.17) is 11.0 Å². The lowest BCUT2D eigenvalue weighted by Crippen LogP contribution is -2.40. The summed E-state index contributed by atoms with van der Waals surface area (Å²) in [4.78, 5) is 0. The number of benzene rings is 1. The van der Waals surface area contributed by atoms with Crippen LogP contribution in [-0.2, 0) is 15.8 Å². The van der Waals surface area contributed by atoms with Gasteiger partial charge in [-0.05, 0) is 43.0 Å². The lowest BCUT2D eigenvalue weighted by Gasteiger charge is -2.30. The Balaban J connectivity index is 0.00000220. The van der Waals surface area contributed by atoms with Crippen molar-refractivity contribution in [1.82, 2.24) is 4.31 Å². The largest absolute Gasteiger partial charge is 0.330 e. The van der Waals surface area contributed by atoms with E-state index in [9.17, 15) is 8.42 Å². The summed E-state index contributed by atoms with van der Waals surface area (Å²) in [6.45, 7) is 1.71. The van der Waals surface area contributed by atoms with E-state index >= 15 is 0 Å². The minimum atomic E-state index is -3.31. The summed E-state index contributed by atoms with van der Waals surface area (Å²) in [5.41, 5.74) is 6.76. The van der Waals surface area contributed by atoms with Gasteiger partial charge < -0.3 is 5.73 Å². The number of rotatable bonds is 4. The molecular formula is C14H20ClN3O2S. The highest BCUT2D eigenvalue weighted by molar-refractivity contribution is 7.88. The van der Waals surface area contributed by atoms with E-state index in [-0.39, 0.29) is 18.2 Å². The summed E-state index contributed by atoms with van der Waals surface area (Å²) in [6, 6.07) is 8.78. The third kappa shape index (κ3) is 4.68. The maximum atomic E-state index is 12.4. The molecule has 0 atom stereocenters. The highest BCUT2D eigenvalue weighted by atomic mass is 35.5. The Kier molecular flexibility index (Phi) is 6.62. The SMILES string of the molecule is Cl.N#Cc1cccc(CS(=O)(=O)N2CCC(CN)CC2)c1. The molecule has 1 saturated heterocycles. The lowest BCUT2D eigenvalue weighted by molar-refractivity contribution is 0.278. The van der Waals surface area contributed by atoms with Gasteiger partial charge in [0.1, 0.15) is 0 Å². The first-order valence-corrected chi connectivity index (χ1v) is 8.33. The fourth-order valence-corrected chi connectivity index (χ4v) is 4.01. The maximum absolute atomic E-state index is 12.4. The molecule has 5 nitrogen and oxygen atoms in total. The Bertz CT molecular complexity index is 605. The van der Waals surface area contributed by atoms with E-state index in [1.807, 2.05) is 6.07 Å². The Morgan fingerprint density at radius 1 is 1.33 bits per heavy atom. The van der Waals surface area contributed by atoms with Crippen LogP contribution in [0, 0.1) is 17.2 Å². The van der Waals surface area contributed by atoms with Gasteiger partial charge in [-0.15, -0.1) is 12.4 Å². The summed E-state index contributed by atoms with van der Waals surface area (Å²) in [5, 5.41) is 8.84. The van der Waals surface area contributed by atoms with Crippen molar-refractivity contribution >= 4 is 22.4 Å². The summed E-state index contributed by atoms with van der Waals surface area (Å²) >= 11 is 0. The molecule has 0 radical (unpaired) electrons. The average molecular weight is 330 g/mol. The van der Waals surface area contributed by atoms with E-state index in [2.05, 4.69) is 0 Å². The highest BCUT2D eigenvalue weighted by Gasteiger charge is 2.27. The molecule has 7 heteroatoms. The molecule has 0 aromatic heterocycles. The van der Waals surface area contributed by atoms with Gasteiger partial charge in [0.05, 0.1) is 17.4 Å². The van der Waals surface area contributed by atoms with Crippen LogP contribution in [-0.4, -0.2) is 32.4 Å². The van der Waals surface area contributed by atoms with Crippen LogP contribution < -0.4 is 5.73 Å². The van der Waals surface area contributed by atoms with Crippen molar-refractivity contribution in [2.75, 3.05) is 19.6 Å². The molecule has 1 heterocycles. The second kappa shape index (κ2) is 7.76. The van der Waals surface area contributed by atoms with E-state index < -0.39 is 10.0 Å². The first-order chi connectivity index (χ1) is 9.55. The van der Waals surface area contributed by atoms with Gasteiger partial charge in [0, 0.05) is 13.1 Å². The normalized spacial score (nSPS) is 17.0. The Morgan fingerprint density at radius 2 is 2.00 bits per heavy atom. The van der Waals surface area contributed by atoms with Crippen molar-refractivity contribution in [3.05, 3.63) is 35.4 Å². The molecule has 0 aliphatic carbocycles. The monoisotopic (exact) mass is 329 g/mol. The minimum Gasteiger partial charge on any atom is -0.330 e. The van der Waals surface area contributed by atoms with E-state index in [1.165, 1.54) is 4.31 Å². The fraction of sp³-hybridized carbons (Fsp3) is 0.500. The summed E-state index contributed by atoms with van der Waals surface area (Å²) in [6.07, 6.45) is 1.65. The van der Waals surface area contributed by atoms with E-state index in [0.29, 0.717) is 36.7 Å². The van der Waals surface area contributed by atoms with Crippen LogP contribution in [0.25, 0.3) is 0 Å². The molecule has 0 saturated carbocycles. The molecule has 0 bridgehead atoms. The molecule has 1 aliphatic rings. The van der Waals surface area contributed by atoms with E-state index in [0.717, 1.165) is 12.8 Å². The second-order valence-electron chi connectivity index (χ2n) is 5.15. The summed E-state index contributed by atoms with van der Waals surface area (Å²) in [5.74, 6) is 0.388. The molecule has 0 unspecified atom stereocenters. The minimum absolute atomic E-state index is 0. The van der Waals surface area contributed by atoms with Gasteiger partial charge in [-0.1, -0.05) is 12.1 Å². The van der Waals surface area contributed by atoms with Crippen molar-refractivity contribution in [3.63, 3.8) is 0 Å². The van der Waals surface area contributed by atoms with E-state index in [1.54, 1.807) is 24.3 Å². The Labute approximate surface area is 132 Å². The first-order valence-electron chi connectivity index (χ1n) is 6.72. The lowest BCUT2D eigenvalue weighted by atomic mass is 9.99.